The number of amides is 2. The van der Waals surface area contributed by atoms with E-state index in [9.17, 15) is 9.59 Å². The number of nitrogens with zero attached hydrogens (tertiary/aromatic N) is 2. The number of rotatable bonds is 3. The van der Waals surface area contributed by atoms with Crippen LogP contribution in [0.15, 0.2) is 44.6 Å². The Hall–Kier alpha value is -2.93. The van der Waals surface area contributed by atoms with Gasteiger partial charge in [0.25, 0.3) is 5.56 Å². The van der Waals surface area contributed by atoms with Gasteiger partial charge < -0.3 is 5.32 Å². The summed E-state index contributed by atoms with van der Waals surface area (Å²) < 4.78 is 2.47. The molecule has 6 nitrogen and oxygen atoms in total. The van der Waals surface area contributed by atoms with E-state index in [1.807, 2.05) is 58.0 Å². The van der Waals surface area contributed by atoms with Crippen LogP contribution in [0.2, 0.25) is 0 Å². The molecule has 1 aromatic heterocycles. The third-order valence-electron chi connectivity index (χ3n) is 5.21. The number of urea groups is 1. The molecule has 0 spiro atoms. The molecule has 0 aliphatic carbocycles. The van der Waals surface area contributed by atoms with Crippen molar-refractivity contribution in [2.24, 2.45) is 4.99 Å². The molecule has 0 radical (unpaired) electrons. The highest BCUT2D eigenvalue weighted by atomic mass is 79.9. The minimum Gasteiger partial charge on any atom is -0.306 e. The smallest absolute Gasteiger partial charge is 0.306 e. The molecule has 0 saturated heterocycles. The van der Waals surface area contributed by atoms with Gasteiger partial charge in [-0.1, -0.05) is 28.1 Å². The zero-order valence-electron chi connectivity index (χ0n) is 17.1. The Morgan fingerprint density at radius 1 is 1.07 bits per heavy atom. The molecule has 0 saturated carbocycles. The van der Waals surface area contributed by atoms with E-state index in [0.29, 0.717) is 16.9 Å². The fraction of sp³-hybridized carbons (Fsp3) is 0.227. The molecule has 2 amide bonds. The summed E-state index contributed by atoms with van der Waals surface area (Å²) >= 11 is 3.51. The molecule has 0 aliphatic rings. The van der Waals surface area contributed by atoms with E-state index in [4.69, 9.17) is 0 Å². The van der Waals surface area contributed by atoms with Gasteiger partial charge in [0.15, 0.2) is 0 Å². The normalized spacial score (nSPS) is 11.2. The van der Waals surface area contributed by atoms with Gasteiger partial charge in [-0.05, 0) is 75.1 Å². The van der Waals surface area contributed by atoms with Gasteiger partial charge in [-0.15, -0.1) is 0 Å². The fourth-order valence-electron chi connectivity index (χ4n) is 3.05. The van der Waals surface area contributed by atoms with Gasteiger partial charge in [0.1, 0.15) is 0 Å². The number of anilines is 1. The van der Waals surface area contributed by atoms with Gasteiger partial charge in [-0.3, -0.25) is 9.89 Å². The monoisotopic (exact) mass is 454 g/mol. The first-order valence-corrected chi connectivity index (χ1v) is 9.99. The van der Waals surface area contributed by atoms with Crippen LogP contribution >= 0.6 is 15.9 Å². The Labute approximate surface area is 177 Å². The number of nitrogens with one attached hydrogen (secondary N) is 2. The van der Waals surface area contributed by atoms with Gasteiger partial charge >= 0.3 is 6.03 Å². The van der Waals surface area contributed by atoms with Crippen LogP contribution in [0.25, 0.3) is 5.69 Å². The average molecular weight is 455 g/mol. The van der Waals surface area contributed by atoms with Crippen molar-refractivity contribution in [3.63, 3.8) is 0 Å². The number of carbonyl (C=O) groups is 1. The molecule has 7 heteroatoms. The first-order valence-electron chi connectivity index (χ1n) is 9.19. The number of hydrogen-bond acceptors (Lipinski definition) is 2. The molecule has 3 rings (SSSR count). The summed E-state index contributed by atoms with van der Waals surface area (Å²) in [5.74, 6) is 0. The van der Waals surface area contributed by atoms with Gasteiger partial charge in [0, 0.05) is 22.1 Å². The van der Waals surface area contributed by atoms with E-state index < -0.39 is 6.03 Å². The summed E-state index contributed by atoms with van der Waals surface area (Å²) in [5, 5.41) is 5.83. The van der Waals surface area contributed by atoms with Crippen LogP contribution < -0.4 is 10.9 Å². The number of H-pyrrole nitrogens is 1. The molecular formula is C22H23BrN4O2. The number of aromatic amines is 1. The zero-order valence-corrected chi connectivity index (χ0v) is 18.6. The molecule has 0 bridgehead atoms. The largest absolute Gasteiger partial charge is 0.345 e. The first kappa shape index (κ1) is 20.8. The molecule has 0 unspecified atom stereocenters. The minimum atomic E-state index is -0.527. The summed E-state index contributed by atoms with van der Waals surface area (Å²) in [6, 6.07) is 8.93. The lowest BCUT2D eigenvalue weighted by molar-refractivity contribution is 0.259. The number of aliphatic imine (C=N–C) groups is 1. The fourth-order valence-corrected chi connectivity index (χ4v) is 3.48. The Morgan fingerprint density at radius 2 is 1.79 bits per heavy atom. The molecular weight excluding hydrogens is 432 g/mol. The number of aryl methyl sites for hydroxylation is 2. The van der Waals surface area contributed by atoms with Crippen LogP contribution in [0.5, 0.6) is 0 Å². The van der Waals surface area contributed by atoms with Crippen molar-refractivity contribution in [1.29, 1.82) is 0 Å². The molecule has 0 fully saturated rings. The van der Waals surface area contributed by atoms with Crippen molar-refractivity contribution in [3.8, 4) is 5.69 Å². The molecule has 0 aliphatic heterocycles. The molecule has 150 valence electrons. The lowest BCUT2D eigenvalue weighted by Crippen LogP contribution is -2.19. The highest BCUT2D eigenvalue weighted by Crippen LogP contribution is 2.24. The Bertz CT molecular complexity index is 1190. The van der Waals surface area contributed by atoms with Gasteiger partial charge in [-0.25, -0.2) is 14.5 Å². The van der Waals surface area contributed by atoms with Crippen molar-refractivity contribution in [2.75, 3.05) is 5.32 Å². The van der Waals surface area contributed by atoms with Crippen LogP contribution in [0.4, 0.5) is 10.5 Å². The SMILES string of the molecule is Cc1cccc(NC(=O)N=Cc2c(C)[nH]n(-c3ccc(Br)c(C)c3C)c2=O)c1C. The Morgan fingerprint density at radius 3 is 2.52 bits per heavy atom. The van der Waals surface area contributed by atoms with Crippen LogP contribution in [-0.4, -0.2) is 22.0 Å². The lowest BCUT2D eigenvalue weighted by Gasteiger charge is -2.10. The van der Waals surface area contributed by atoms with E-state index in [0.717, 1.165) is 32.4 Å². The van der Waals surface area contributed by atoms with E-state index in [-0.39, 0.29) is 5.56 Å². The van der Waals surface area contributed by atoms with E-state index >= 15 is 0 Å². The van der Waals surface area contributed by atoms with Crippen LogP contribution in [0.1, 0.15) is 33.5 Å². The molecule has 2 aromatic carbocycles. The molecule has 29 heavy (non-hydrogen) atoms. The third kappa shape index (κ3) is 4.10. The highest BCUT2D eigenvalue weighted by Gasteiger charge is 2.14. The molecule has 2 N–H and O–H groups in total. The molecule has 0 atom stereocenters. The van der Waals surface area contributed by atoms with Gasteiger partial charge in [0.05, 0.1) is 11.3 Å². The number of hydrogen-bond donors (Lipinski definition) is 2. The zero-order chi connectivity index (χ0) is 21.3. The van der Waals surface area contributed by atoms with Crippen molar-refractivity contribution < 1.29 is 4.79 Å². The van der Waals surface area contributed by atoms with Crippen molar-refractivity contribution in [1.82, 2.24) is 9.78 Å². The number of benzene rings is 2. The highest BCUT2D eigenvalue weighted by molar-refractivity contribution is 9.10. The second kappa shape index (κ2) is 8.21. The lowest BCUT2D eigenvalue weighted by atomic mass is 10.1. The summed E-state index contributed by atoms with van der Waals surface area (Å²) in [4.78, 5) is 29.1. The second-order valence-electron chi connectivity index (χ2n) is 7.04. The first-order chi connectivity index (χ1) is 13.7. The van der Waals surface area contributed by atoms with Gasteiger partial charge in [0.2, 0.25) is 0 Å². The number of aromatic nitrogens is 2. The molecule has 1 heterocycles. The average Bonchev–Trinajstić information content (AvgIpc) is 2.96. The van der Waals surface area contributed by atoms with E-state index in [1.165, 1.54) is 10.9 Å². The van der Waals surface area contributed by atoms with Crippen LogP contribution in [-0.2, 0) is 0 Å². The predicted octanol–water partition coefficient (Wildman–Crippen LogP) is 5.12. The van der Waals surface area contributed by atoms with E-state index in [1.54, 1.807) is 6.92 Å². The predicted molar refractivity (Wildman–Crippen MR) is 121 cm³/mol. The van der Waals surface area contributed by atoms with E-state index in [2.05, 4.69) is 31.3 Å². The van der Waals surface area contributed by atoms with Crippen LogP contribution in [0.3, 0.4) is 0 Å². The number of halogens is 1. The topological polar surface area (TPSA) is 79.2 Å². The Kier molecular flexibility index (Phi) is 5.88. The summed E-state index contributed by atoms with van der Waals surface area (Å²) in [6.45, 7) is 9.65. The van der Waals surface area contributed by atoms with Crippen molar-refractivity contribution in [2.45, 2.75) is 34.6 Å². The Balaban J connectivity index is 1.89. The quantitative estimate of drug-likeness (QED) is 0.538. The van der Waals surface area contributed by atoms with Crippen molar-refractivity contribution >= 4 is 33.9 Å². The summed E-state index contributed by atoms with van der Waals surface area (Å²) in [7, 11) is 0. The molecule has 3 aromatic rings. The summed E-state index contributed by atoms with van der Waals surface area (Å²) in [5.41, 5.74) is 6.31. The van der Waals surface area contributed by atoms with Gasteiger partial charge in [-0.2, -0.15) is 0 Å². The number of carbonyl (C=O) groups excluding carboxylic acids is 1. The maximum absolute atomic E-state index is 12.9. The third-order valence-corrected chi connectivity index (χ3v) is 6.07. The van der Waals surface area contributed by atoms with Crippen LogP contribution in [0, 0.1) is 34.6 Å². The maximum Gasteiger partial charge on any atom is 0.345 e. The maximum atomic E-state index is 12.9. The van der Waals surface area contributed by atoms with Crippen molar-refractivity contribution in [3.05, 3.63) is 78.7 Å². The standard InChI is InChI=1S/C22H23BrN4O2/c1-12-7-6-8-19(13(12)2)25-22(29)24-11-17-16(5)26-27(21(17)28)20-10-9-18(23)14(3)15(20)4/h6-11,26H,1-5H3,(H,25,29). The second-order valence-corrected chi connectivity index (χ2v) is 7.90. The summed E-state index contributed by atoms with van der Waals surface area (Å²) in [6.07, 6.45) is 1.31. The minimum absolute atomic E-state index is 0.254.